The Morgan fingerprint density at radius 2 is 1.83 bits per heavy atom. The minimum absolute atomic E-state index is 0.0651. The van der Waals surface area contributed by atoms with Crippen LogP contribution in [0.5, 0.6) is 5.75 Å². The molecule has 35 heavy (non-hydrogen) atoms. The topological polar surface area (TPSA) is 125 Å². The fourth-order valence-corrected chi connectivity index (χ4v) is 3.39. The van der Waals surface area contributed by atoms with E-state index in [9.17, 15) is 38.0 Å². The van der Waals surface area contributed by atoms with Gasteiger partial charge in [-0.25, -0.2) is 9.78 Å². The van der Waals surface area contributed by atoms with Gasteiger partial charge in [0.15, 0.2) is 5.75 Å². The summed E-state index contributed by atoms with van der Waals surface area (Å²) in [6, 6.07) is 12.6. The predicted molar refractivity (Wildman–Crippen MR) is 115 cm³/mol. The number of carbonyl (C=O) groups is 2. The molecule has 1 N–H and O–H groups in total. The Morgan fingerprint density at radius 1 is 1.09 bits per heavy atom. The molecule has 2 aromatic carbocycles. The number of alkyl halides is 3. The van der Waals surface area contributed by atoms with Gasteiger partial charge in [0, 0.05) is 17.6 Å². The summed E-state index contributed by atoms with van der Waals surface area (Å²) in [5.41, 5.74) is -1.83. The van der Waals surface area contributed by atoms with Gasteiger partial charge in [0.25, 0.3) is 0 Å². The average molecular weight is 485 g/mol. The third kappa shape index (κ3) is 4.67. The van der Waals surface area contributed by atoms with E-state index < -0.39 is 45.8 Å². The number of para-hydroxylation sites is 1. The van der Waals surface area contributed by atoms with Crippen molar-refractivity contribution in [1.29, 1.82) is 0 Å². The number of hydrogen-bond donors (Lipinski definition) is 1. The van der Waals surface area contributed by atoms with Crippen LogP contribution in [0.3, 0.4) is 0 Å². The van der Waals surface area contributed by atoms with E-state index in [-0.39, 0.29) is 28.6 Å². The number of ketones is 1. The smallest absolute Gasteiger partial charge is 0.433 e. The first-order valence-electron chi connectivity index (χ1n) is 9.88. The van der Waals surface area contributed by atoms with Crippen molar-refractivity contribution < 1.29 is 37.5 Å². The fourth-order valence-electron chi connectivity index (χ4n) is 3.39. The first kappa shape index (κ1) is 23.4. The van der Waals surface area contributed by atoms with Crippen molar-refractivity contribution in [2.24, 2.45) is 0 Å². The van der Waals surface area contributed by atoms with Crippen LogP contribution in [0.25, 0.3) is 10.9 Å². The van der Waals surface area contributed by atoms with E-state index in [1.54, 1.807) is 12.1 Å². The van der Waals surface area contributed by atoms with Crippen LogP contribution in [0.1, 0.15) is 27.3 Å². The van der Waals surface area contributed by atoms with E-state index in [0.717, 1.165) is 41.1 Å². The van der Waals surface area contributed by atoms with Crippen molar-refractivity contribution >= 4 is 28.5 Å². The summed E-state index contributed by atoms with van der Waals surface area (Å²) in [7, 11) is 0. The van der Waals surface area contributed by atoms with Crippen LogP contribution in [-0.4, -0.2) is 31.5 Å². The molecule has 0 saturated carbocycles. The molecule has 0 atom stereocenters. The summed E-state index contributed by atoms with van der Waals surface area (Å²) in [6.45, 7) is -0.384. The second-order valence-corrected chi connectivity index (χ2v) is 7.30. The molecule has 0 bridgehead atoms. The molecule has 0 amide bonds. The molecule has 0 unspecified atom stereocenters. The minimum atomic E-state index is -4.74. The Kier molecular flexibility index (Phi) is 5.95. The Labute approximate surface area is 194 Å². The van der Waals surface area contributed by atoms with Gasteiger partial charge in [-0.15, -0.1) is 0 Å². The van der Waals surface area contributed by atoms with Crippen LogP contribution in [0.2, 0.25) is 0 Å². The molecule has 0 spiro atoms. The van der Waals surface area contributed by atoms with Crippen molar-refractivity contribution in [3.63, 3.8) is 0 Å². The first-order chi connectivity index (χ1) is 16.6. The number of nitro benzene ring substituents is 1. The molecule has 0 saturated heterocycles. The number of aromatic hydroxyl groups is 1. The predicted octanol–water partition coefficient (Wildman–Crippen LogP) is 5.08. The van der Waals surface area contributed by atoms with Crippen LogP contribution in [0.15, 0.2) is 66.9 Å². The van der Waals surface area contributed by atoms with Crippen LogP contribution in [0.4, 0.5) is 23.7 Å². The normalized spacial score (nSPS) is 11.4. The Balaban J connectivity index is 1.64. The maximum absolute atomic E-state index is 13.0. The molecular weight excluding hydrogens is 471 g/mol. The number of nitrogens with zero attached hydrogens (tertiary/aromatic N) is 3. The third-order valence-electron chi connectivity index (χ3n) is 5.02. The van der Waals surface area contributed by atoms with Crippen molar-refractivity contribution in [2.45, 2.75) is 12.8 Å². The van der Waals surface area contributed by atoms with Crippen LogP contribution >= 0.6 is 0 Å². The summed E-state index contributed by atoms with van der Waals surface area (Å²) in [6.07, 6.45) is -4.54. The Hall–Kier alpha value is -4.74. The van der Waals surface area contributed by atoms with Crippen molar-refractivity contribution in [2.75, 3.05) is 0 Å². The first-order valence-corrected chi connectivity index (χ1v) is 9.88. The molecule has 0 radical (unpaired) electrons. The minimum Gasteiger partial charge on any atom is -0.502 e. The second kappa shape index (κ2) is 8.89. The number of ether oxygens (including phenoxy) is 1. The van der Waals surface area contributed by atoms with Gasteiger partial charge in [0.05, 0.1) is 16.0 Å². The van der Waals surface area contributed by atoms with Gasteiger partial charge < -0.3 is 9.84 Å². The number of aromatic nitrogens is 2. The maximum atomic E-state index is 13.0. The number of fused-ring (bicyclic) bond motifs is 1. The van der Waals surface area contributed by atoms with E-state index in [1.165, 1.54) is 18.2 Å². The molecule has 0 aliphatic heterocycles. The molecule has 9 nitrogen and oxygen atoms in total. The average Bonchev–Trinajstić information content (AvgIpc) is 3.22. The van der Waals surface area contributed by atoms with Crippen LogP contribution in [-0.2, 0) is 17.5 Å². The number of phenolic OH excluding ortho intramolecular Hbond substituents is 1. The number of halogens is 3. The molecule has 2 heterocycles. The largest absolute Gasteiger partial charge is 0.502 e. The summed E-state index contributed by atoms with van der Waals surface area (Å²) < 4.78 is 45.3. The highest BCUT2D eigenvalue weighted by Crippen LogP contribution is 2.29. The number of phenols is 1. The van der Waals surface area contributed by atoms with E-state index >= 15 is 0 Å². The Bertz CT molecular complexity index is 1480. The summed E-state index contributed by atoms with van der Waals surface area (Å²) in [4.78, 5) is 39.4. The molecule has 0 fully saturated rings. The van der Waals surface area contributed by atoms with Gasteiger partial charge in [0.2, 0.25) is 5.78 Å². The third-order valence-corrected chi connectivity index (χ3v) is 5.02. The standard InChI is InChI=1S/C23H14F3N3O6/c24-23(25,26)20-7-3-5-16(27-20)21(31)15-11-28(17-6-2-1-4-14(15)17)22(32)35-12-13-8-9-19(30)18(10-13)29(33)34/h1-11,30H,12H2. The van der Waals surface area contributed by atoms with Crippen LogP contribution in [0, 0.1) is 10.1 Å². The van der Waals surface area contributed by atoms with Gasteiger partial charge in [-0.05, 0) is 29.8 Å². The Morgan fingerprint density at radius 3 is 2.54 bits per heavy atom. The van der Waals surface area contributed by atoms with E-state index in [2.05, 4.69) is 4.98 Å². The summed E-state index contributed by atoms with van der Waals surface area (Å²) in [5, 5.41) is 20.8. The van der Waals surface area contributed by atoms with E-state index in [4.69, 9.17) is 4.74 Å². The zero-order valence-electron chi connectivity index (χ0n) is 17.5. The molecule has 0 aliphatic carbocycles. The molecule has 2 aromatic heterocycles. The quantitative estimate of drug-likeness (QED) is 0.237. The number of rotatable bonds is 5. The lowest BCUT2D eigenvalue weighted by atomic mass is 10.1. The molecule has 4 rings (SSSR count). The van der Waals surface area contributed by atoms with Gasteiger partial charge in [-0.2, -0.15) is 13.2 Å². The van der Waals surface area contributed by atoms with Gasteiger partial charge in [-0.3, -0.25) is 19.5 Å². The summed E-state index contributed by atoms with van der Waals surface area (Å²) >= 11 is 0. The number of hydrogen-bond acceptors (Lipinski definition) is 7. The second-order valence-electron chi connectivity index (χ2n) is 7.30. The zero-order valence-corrected chi connectivity index (χ0v) is 17.5. The number of benzene rings is 2. The molecular formula is C23H14F3N3O6. The summed E-state index contributed by atoms with van der Waals surface area (Å²) in [5.74, 6) is -1.37. The number of carbonyl (C=O) groups excluding carboxylic acids is 2. The molecule has 178 valence electrons. The number of nitro groups is 1. The van der Waals surface area contributed by atoms with E-state index in [0.29, 0.717) is 0 Å². The molecule has 0 aliphatic rings. The zero-order chi connectivity index (χ0) is 25.3. The molecule has 12 heteroatoms. The van der Waals surface area contributed by atoms with E-state index in [1.807, 2.05) is 0 Å². The monoisotopic (exact) mass is 485 g/mol. The van der Waals surface area contributed by atoms with Gasteiger partial charge >= 0.3 is 18.0 Å². The van der Waals surface area contributed by atoms with Crippen molar-refractivity contribution in [3.8, 4) is 5.75 Å². The highest BCUT2D eigenvalue weighted by atomic mass is 19.4. The lowest BCUT2D eigenvalue weighted by Crippen LogP contribution is -2.13. The lowest BCUT2D eigenvalue weighted by molar-refractivity contribution is -0.385. The number of pyridine rings is 1. The SMILES string of the molecule is O=C(c1cccc(C(F)(F)F)n1)c1cn(C(=O)OCc2ccc(O)c([N+](=O)[O-])c2)c2ccccc12. The highest BCUT2D eigenvalue weighted by Gasteiger charge is 2.33. The highest BCUT2D eigenvalue weighted by molar-refractivity contribution is 6.16. The molecule has 4 aromatic rings. The fraction of sp³-hybridized carbons (Fsp3) is 0.0870. The van der Waals surface area contributed by atoms with Crippen molar-refractivity contribution in [3.05, 3.63) is 99.5 Å². The maximum Gasteiger partial charge on any atom is 0.433 e. The van der Waals surface area contributed by atoms with Gasteiger partial charge in [-0.1, -0.05) is 30.3 Å². The van der Waals surface area contributed by atoms with Gasteiger partial charge in [0.1, 0.15) is 18.0 Å². The van der Waals surface area contributed by atoms with Crippen molar-refractivity contribution in [1.82, 2.24) is 9.55 Å². The van der Waals surface area contributed by atoms with Crippen LogP contribution < -0.4 is 0 Å². The lowest BCUT2D eigenvalue weighted by Gasteiger charge is -2.07.